The van der Waals surface area contributed by atoms with E-state index >= 15 is 0 Å². The van der Waals surface area contributed by atoms with Crippen molar-refractivity contribution in [3.63, 3.8) is 0 Å². The lowest BCUT2D eigenvalue weighted by Gasteiger charge is -2.18. The molecule has 0 bridgehead atoms. The molecule has 0 aliphatic heterocycles. The van der Waals surface area contributed by atoms with Gasteiger partial charge in [-0.3, -0.25) is 0 Å². The number of hydrogen-bond acceptors (Lipinski definition) is 3. The lowest BCUT2D eigenvalue weighted by molar-refractivity contribution is 0.465. The molecule has 1 unspecified atom stereocenters. The van der Waals surface area contributed by atoms with Crippen molar-refractivity contribution in [3.05, 3.63) is 48.0 Å². The molecule has 1 aromatic heterocycles. The summed E-state index contributed by atoms with van der Waals surface area (Å²) < 4.78 is 0. The number of aromatic nitrogens is 2. The summed E-state index contributed by atoms with van der Waals surface area (Å²) in [4.78, 5) is 7.19. The smallest absolute Gasteiger partial charge is 0.115 e. The highest BCUT2D eigenvalue weighted by atomic mass is 16.3. The fourth-order valence-corrected chi connectivity index (χ4v) is 2.34. The molecule has 0 aliphatic carbocycles. The average Bonchev–Trinajstić information content (AvgIpc) is 2.95. The van der Waals surface area contributed by atoms with E-state index in [0.717, 1.165) is 32.2 Å². The van der Waals surface area contributed by atoms with Crippen molar-refractivity contribution in [1.29, 1.82) is 0 Å². The molecule has 1 atom stereocenters. The summed E-state index contributed by atoms with van der Waals surface area (Å²) in [5.41, 5.74) is 2.34. The molecule has 1 aromatic carbocycles. The summed E-state index contributed by atoms with van der Waals surface area (Å²) in [6.07, 6.45) is 7.70. The molecular formula is C16H23N3O. The molecule has 0 saturated carbocycles. The van der Waals surface area contributed by atoms with E-state index < -0.39 is 0 Å². The van der Waals surface area contributed by atoms with Gasteiger partial charge in [-0.15, -0.1) is 0 Å². The maximum atomic E-state index is 9.55. The Balaban J connectivity index is 1.92. The number of aromatic amines is 1. The van der Waals surface area contributed by atoms with Crippen LogP contribution in [0.1, 0.15) is 31.0 Å². The molecule has 4 heteroatoms. The van der Waals surface area contributed by atoms with Crippen molar-refractivity contribution < 1.29 is 5.11 Å². The molecule has 108 valence electrons. The minimum Gasteiger partial charge on any atom is -0.508 e. The molecule has 0 spiro atoms. The minimum atomic E-state index is 0.338. The maximum absolute atomic E-state index is 9.55. The van der Waals surface area contributed by atoms with E-state index in [1.165, 1.54) is 11.3 Å². The van der Waals surface area contributed by atoms with Gasteiger partial charge in [-0.2, -0.15) is 0 Å². The first-order chi connectivity index (χ1) is 9.78. The van der Waals surface area contributed by atoms with Gasteiger partial charge in [0, 0.05) is 17.9 Å². The van der Waals surface area contributed by atoms with Crippen LogP contribution in [0.5, 0.6) is 5.75 Å². The number of aryl methyl sites for hydroxylation is 1. The van der Waals surface area contributed by atoms with Crippen LogP contribution >= 0.6 is 0 Å². The lowest BCUT2D eigenvalue weighted by atomic mass is 10.0. The Bertz CT molecular complexity index is 496. The van der Waals surface area contributed by atoms with Crippen molar-refractivity contribution in [2.24, 2.45) is 0 Å². The molecular weight excluding hydrogens is 250 g/mol. The van der Waals surface area contributed by atoms with Gasteiger partial charge in [-0.1, -0.05) is 19.1 Å². The predicted molar refractivity (Wildman–Crippen MR) is 80.8 cm³/mol. The summed E-state index contributed by atoms with van der Waals surface area (Å²) in [6.45, 7) is 3.19. The standard InChI is InChI=1S/C16H23N3O/c1-2-8-18-14(6-7-15-11-17-12-19-15)9-13-4-3-5-16(20)10-13/h3-5,10-12,14,18,20H,2,6-9H2,1H3,(H,17,19). The number of nitrogens with one attached hydrogen (secondary N) is 2. The van der Waals surface area contributed by atoms with Crippen LogP contribution in [0.3, 0.4) is 0 Å². The zero-order chi connectivity index (χ0) is 14.2. The molecule has 20 heavy (non-hydrogen) atoms. The van der Waals surface area contributed by atoms with Crippen LogP contribution in [0.4, 0.5) is 0 Å². The van der Waals surface area contributed by atoms with Gasteiger partial charge in [0.25, 0.3) is 0 Å². The van der Waals surface area contributed by atoms with Crippen molar-refractivity contribution in [1.82, 2.24) is 15.3 Å². The summed E-state index contributed by atoms with van der Waals surface area (Å²) in [7, 11) is 0. The first kappa shape index (κ1) is 14.6. The largest absolute Gasteiger partial charge is 0.508 e. The van der Waals surface area contributed by atoms with E-state index in [2.05, 4.69) is 28.3 Å². The monoisotopic (exact) mass is 273 g/mol. The number of hydrogen-bond donors (Lipinski definition) is 3. The van der Waals surface area contributed by atoms with Crippen LogP contribution in [0.25, 0.3) is 0 Å². The summed E-state index contributed by atoms with van der Waals surface area (Å²) >= 11 is 0. The Labute approximate surface area is 120 Å². The summed E-state index contributed by atoms with van der Waals surface area (Å²) in [5, 5.41) is 13.1. The zero-order valence-corrected chi connectivity index (χ0v) is 12.0. The number of benzene rings is 1. The first-order valence-corrected chi connectivity index (χ1v) is 7.26. The lowest BCUT2D eigenvalue weighted by Crippen LogP contribution is -2.32. The van der Waals surface area contributed by atoms with Crippen LogP contribution < -0.4 is 5.32 Å². The van der Waals surface area contributed by atoms with E-state index in [1.807, 2.05) is 18.3 Å². The second-order valence-corrected chi connectivity index (χ2v) is 5.14. The van der Waals surface area contributed by atoms with E-state index in [4.69, 9.17) is 0 Å². The number of aromatic hydroxyl groups is 1. The molecule has 0 amide bonds. The molecule has 2 aromatic rings. The molecule has 0 radical (unpaired) electrons. The highest BCUT2D eigenvalue weighted by Crippen LogP contribution is 2.14. The van der Waals surface area contributed by atoms with Crippen molar-refractivity contribution >= 4 is 0 Å². The Kier molecular flexibility index (Phi) is 5.62. The fourth-order valence-electron chi connectivity index (χ4n) is 2.34. The molecule has 2 rings (SSSR count). The predicted octanol–water partition coefficient (Wildman–Crippen LogP) is 2.66. The number of phenols is 1. The molecule has 3 N–H and O–H groups in total. The number of rotatable bonds is 8. The van der Waals surface area contributed by atoms with Crippen LogP contribution in [0.2, 0.25) is 0 Å². The summed E-state index contributed by atoms with van der Waals surface area (Å²) in [6, 6.07) is 7.94. The van der Waals surface area contributed by atoms with E-state index in [0.29, 0.717) is 11.8 Å². The van der Waals surface area contributed by atoms with Crippen molar-refractivity contribution in [2.75, 3.05) is 6.54 Å². The quantitative estimate of drug-likeness (QED) is 0.693. The second-order valence-electron chi connectivity index (χ2n) is 5.14. The number of nitrogens with zero attached hydrogens (tertiary/aromatic N) is 1. The first-order valence-electron chi connectivity index (χ1n) is 7.26. The third-order valence-electron chi connectivity index (χ3n) is 3.39. The number of phenolic OH excluding ortho intramolecular Hbond substituents is 1. The van der Waals surface area contributed by atoms with E-state index in [1.54, 1.807) is 12.4 Å². The molecule has 0 aliphatic rings. The van der Waals surface area contributed by atoms with Gasteiger partial charge in [0.05, 0.1) is 6.33 Å². The van der Waals surface area contributed by atoms with Gasteiger partial charge in [0.2, 0.25) is 0 Å². The average molecular weight is 273 g/mol. The Morgan fingerprint density at radius 2 is 2.30 bits per heavy atom. The van der Waals surface area contributed by atoms with Crippen LogP contribution in [-0.4, -0.2) is 27.7 Å². The fraction of sp³-hybridized carbons (Fsp3) is 0.438. The normalized spacial score (nSPS) is 12.4. The maximum Gasteiger partial charge on any atom is 0.115 e. The van der Waals surface area contributed by atoms with Crippen molar-refractivity contribution in [3.8, 4) is 5.75 Å². The second kappa shape index (κ2) is 7.70. The SMILES string of the molecule is CCCNC(CCc1cnc[nH]1)Cc1cccc(O)c1. The Morgan fingerprint density at radius 3 is 3.00 bits per heavy atom. The third-order valence-corrected chi connectivity index (χ3v) is 3.39. The topological polar surface area (TPSA) is 60.9 Å². The molecule has 4 nitrogen and oxygen atoms in total. The third kappa shape index (κ3) is 4.70. The van der Waals surface area contributed by atoms with Crippen LogP contribution in [-0.2, 0) is 12.8 Å². The molecule has 0 saturated heterocycles. The zero-order valence-electron chi connectivity index (χ0n) is 12.0. The summed E-state index contributed by atoms with van der Waals surface area (Å²) in [5.74, 6) is 0.338. The van der Waals surface area contributed by atoms with E-state index in [9.17, 15) is 5.11 Å². The highest BCUT2D eigenvalue weighted by Gasteiger charge is 2.10. The Hall–Kier alpha value is -1.81. The van der Waals surface area contributed by atoms with Gasteiger partial charge in [0.15, 0.2) is 0 Å². The number of H-pyrrole nitrogens is 1. The van der Waals surface area contributed by atoms with Gasteiger partial charge in [-0.05, 0) is 49.9 Å². The minimum absolute atomic E-state index is 0.338. The van der Waals surface area contributed by atoms with Gasteiger partial charge in [-0.25, -0.2) is 4.98 Å². The van der Waals surface area contributed by atoms with Gasteiger partial charge in [0.1, 0.15) is 5.75 Å². The van der Waals surface area contributed by atoms with Gasteiger partial charge >= 0.3 is 0 Å². The van der Waals surface area contributed by atoms with Crippen LogP contribution in [0.15, 0.2) is 36.8 Å². The Morgan fingerprint density at radius 1 is 1.40 bits per heavy atom. The molecule has 1 heterocycles. The highest BCUT2D eigenvalue weighted by molar-refractivity contribution is 5.27. The number of imidazole rings is 1. The van der Waals surface area contributed by atoms with Gasteiger partial charge < -0.3 is 15.4 Å². The van der Waals surface area contributed by atoms with Crippen LogP contribution in [0, 0.1) is 0 Å². The molecule has 0 fully saturated rings. The van der Waals surface area contributed by atoms with E-state index in [-0.39, 0.29) is 0 Å². The van der Waals surface area contributed by atoms with Crippen molar-refractivity contribution in [2.45, 2.75) is 38.6 Å².